The van der Waals surface area contributed by atoms with Gasteiger partial charge in [-0.05, 0) is 25.2 Å². The molecular formula is C15H22O3Si. The third-order valence-electron chi connectivity index (χ3n) is 2.44. The second kappa shape index (κ2) is 7.26. The molecule has 0 aliphatic rings. The van der Waals surface area contributed by atoms with Crippen molar-refractivity contribution in [2.75, 3.05) is 7.11 Å². The smallest absolute Gasteiger partial charge is 0.184 e. The van der Waals surface area contributed by atoms with Crippen LogP contribution in [0.25, 0.3) is 0 Å². The first kappa shape index (κ1) is 15.7. The Balaban J connectivity index is 2.82. The molecule has 4 heteroatoms. The highest BCUT2D eigenvalue weighted by Gasteiger charge is 2.23. The van der Waals surface area contributed by atoms with Crippen LogP contribution in [0.2, 0.25) is 19.6 Å². The third kappa shape index (κ3) is 6.36. The predicted octanol–water partition coefficient (Wildman–Crippen LogP) is 3.70. The van der Waals surface area contributed by atoms with E-state index in [2.05, 4.69) is 19.6 Å². The van der Waals surface area contributed by atoms with Gasteiger partial charge < -0.3 is 9.16 Å². The molecule has 0 fully saturated rings. The summed E-state index contributed by atoms with van der Waals surface area (Å²) in [6.07, 6.45) is 3.01. The Morgan fingerprint density at radius 1 is 1.26 bits per heavy atom. The Kier molecular flexibility index (Phi) is 5.98. The molecule has 1 rings (SSSR count). The predicted molar refractivity (Wildman–Crippen MR) is 79.4 cm³/mol. The second-order valence-electron chi connectivity index (χ2n) is 5.34. The molecule has 0 spiro atoms. The lowest BCUT2D eigenvalue weighted by atomic mass is 10.0. The Morgan fingerprint density at radius 3 is 2.42 bits per heavy atom. The maximum absolute atomic E-state index is 11.8. The first-order valence-corrected chi connectivity index (χ1v) is 9.78. The molecule has 0 unspecified atom stereocenters. The quantitative estimate of drug-likeness (QED) is 0.433. The van der Waals surface area contributed by atoms with Gasteiger partial charge in [0.1, 0.15) is 0 Å². The zero-order valence-corrected chi connectivity index (χ0v) is 13.1. The highest BCUT2D eigenvalue weighted by atomic mass is 28.4. The van der Waals surface area contributed by atoms with E-state index in [-0.39, 0.29) is 11.9 Å². The van der Waals surface area contributed by atoms with Crippen molar-refractivity contribution in [3.05, 3.63) is 48.2 Å². The van der Waals surface area contributed by atoms with Gasteiger partial charge in [-0.15, -0.1) is 0 Å². The van der Waals surface area contributed by atoms with Crippen LogP contribution in [0.1, 0.15) is 18.1 Å². The molecule has 0 aliphatic carbocycles. The number of carbonyl (C=O) groups is 1. The van der Waals surface area contributed by atoms with Crippen molar-refractivity contribution in [2.45, 2.75) is 32.2 Å². The monoisotopic (exact) mass is 278 g/mol. The van der Waals surface area contributed by atoms with Gasteiger partial charge in [0.2, 0.25) is 0 Å². The van der Waals surface area contributed by atoms with Crippen LogP contribution in [-0.2, 0) is 14.0 Å². The van der Waals surface area contributed by atoms with E-state index in [1.807, 2.05) is 30.3 Å². The summed E-state index contributed by atoms with van der Waals surface area (Å²) in [5, 5.41) is 0. The maximum atomic E-state index is 11.8. The molecule has 1 aromatic carbocycles. The number of rotatable bonds is 7. The minimum Gasteiger partial charge on any atom is -0.504 e. The van der Waals surface area contributed by atoms with Crippen LogP contribution in [0.5, 0.6) is 0 Å². The third-order valence-corrected chi connectivity index (χ3v) is 3.44. The molecule has 0 N–H and O–H groups in total. The van der Waals surface area contributed by atoms with Gasteiger partial charge in [0.25, 0.3) is 0 Å². The van der Waals surface area contributed by atoms with E-state index in [4.69, 9.17) is 9.16 Å². The van der Waals surface area contributed by atoms with E-state index < -0.39 is 8.32 Å². The molecule has 1 atom stereocenters. The second-order valence-corrected chi connectivity index (χ2v) is 9.80. The molecule has 0 amide bonds. The summed E-state index contributed by atoms with van der Waals surface area (Å²) >= 11 is 0. The van der Waals surface area contributed by atoms with Crippen molar-refractivity contribution in [2.24, 2.45) is 0 Å². The number of ether oxygens (including phenoxy) is 1. The summed E-state index contributed by atoms with van der Waals surface area (Å²) in [5.74, 6) is 0.00829. The van der Waals surface area contributed by atoms with Crippen molar-refractivity contribution in [3.63, 3.8) is 0 Å². The number of ketones is 1. The number of methoxy groups -OCH3 is 1. The Morgan fingerprint density at radius 2 is 1.89 bits per heavy atom. The molecule has 19 heavy (non-hydrogen) atoms. The molecule has 3 nitrogen and oxygen atoms in total. The number of carbonyl (C=O) groups excluding carboxylic acids is 1. The van der Waals surface area contributed by atoms with Crippen molar-refractivity contribution in [1.82, 2.24) is 0 Å². The number of hydrogen-bond acceptors (Lipinski definition) is 3. The Labute approximate surface area is 116 Å². The largest absolute Gasteiger partial charge is 0.504 e. The average molecular weight is 278 g/mol. The number of hydrogen-bond donors (Lipinski definition) is 0. The van der Waals surface area contributed by atoms with E-state index in [0.717, 1.165) is 5.56 Å². The van der Waals surface area contributed by atoms with Crippen LogP contribution < -0.4 is 0 Å². The van der Waals surface area contributed by atoms with Crippen LogP contribution in [0.15, 0.2) is 42.7 Å². The van der Waals surface area contributed by atoms with Gasteiger partial charge in [-0.1, -0.05) is 30.3 Å². The minimum absolute atomic E-state index is 0.00829. The Hall–Kier alpha value is -1.39. The highest BCUT2D eigenvalue weighted by molar-refractivity contribution is 6.69. The first-order valence-electron chi connectivity index (χ1n) is 6.37. The van der Waals surface area contributed by atoms with Gasteiger partial charge in [0, 0.05) is 12.5 Å². The van der Waals surface area contributed by atoms with E-state index in [9.17, 15) is 4.79 Å². The summed E-state index contributed by atoms with van der Waals surface area (Å²) in [6, 6.07) is 9.88. The van der Waals surface area contributed by atoms with Crippen LogP contribution >= 0.6 is 0 Å². The molecule has 0 bridgehead atoms. The number of benzene rings is 1. The van der Waals surface area contributed by atoms with Crippen LogP contribution in [0, 0.1) is 0 Å². The number of allylic oxidation sites excluding steroid dienone is 1. The van der Waals surface area contributed by atoms with Crippen molar-refractivity contribution in [3.8, 4) is 0 Å². The van der Waals surface area contributed by atoms with Gasteiger partial charge in [0.05, 0.1) is 19.5 Å². The summed E-state index contributed by atoms with van der Waals surface area (Å²) in [6.45, 7) is 6.37. The van der Waals surface area contributed by atoms with E-state index in [1.165, 1.54) is 19.4 Å². The molecule has 0 aromatic heterocycles. The average Bonchev–Trinajstić information content (AvgIpc) is 2.35. The maximum Gasteiger partial charge on any atom is 0.184 e. The summed E-state index contributed by atoms with van der Waals surface area (Å²) in [7, 11) is -0.184. The summed E-state index contributed by atoms with van der Waals surface area (Å²) in [5.41, 5.74) is 1.05. The van der Waals surface area contributed by atoms with Crippen molar-refractivity contribution in [1.29, 1.82) is 0 Å². The van der Waals surface area contributed by atoms with Gasteiger partial charge in [-0.3, -0.25) is 4.79 Å². The molecule has 0 aliphatic heterocycles. The highest BCUT2D eigenvalue weighted by Crippen LogP contribution is 2.25. The zero-order chi connectivity index (χ0) is 14.3. The van der Waals surface area contributed by atoms with Crippen molar-refractivity contribution >= 4 is 14.1 Å². The Bertz CT molecular complexity index is 421. The fraction of sp³-hybridized carbons (Fsp3) is 0.400. The molecule has 0 radical (unpaired) electrons. The zero-order valence-electron chi connectivity index (χ0n) is 12.1. The minimum atomic E-state index is -1.71. The standard InChI is InChI=1S/C15H22O3Si/c1-17-11-10-14(16)12-15(18-19(2,3)4)13-8-6-5-7-9-13/h5-11,15H,12H2,1-4H3/b11-10+/t15-/m1/s1. The topological polar surface area (TPSA) is 35.5 Å². The SMILES string of the molecule is CO/C=C/C(=O)C[C@@H](O[Si](C)(C)C)c1ccccc1. The normalized spacial score (nSPS) is 13.5. The van der Waals surface area contributed by atoms with Crippen LogP contribution in [0.4, 0.5) is 0 Å². The molecular weight excluding hydrogens is 256 g/mol. The molecule has 1 aromatic rings. The van der Waals surface area contributed by atoms with Crippen LogP contribution in [-0.4, -0.2) is 21.2 Å². The first-order chi connectivity index (χ1) is 8.92. The fourth-order valence-electron chi connectivity index (χ4n) is 1.72. The van der Waals surface area contributed by atoms with Gasteiger partial charge in [-0.2, -0.15) is 0 Å². The van der Waals surface area contributed by atoms with Gasteiger partial charge in [-0.25, -0.2) is 0 Å². The molecule has 0 saturated heterocycles. The molecule has 104 valence electrons. The van der Waals surface area contributed by atoms with Gasteiger partial charge in [0.15, 0.2) is 14.1 Å². The van der Waals surface area contributed by atoms with Gasteiger partial charge >= 0.3 is 0 Å². The van der Waals surface area contributed by atoms with Crippen LogP contribution in [0.3, 0.4) is 0 Å². The lowest BCUT2D eigenvalue weighted by Crippen LogP contribution is -2.29. The summed E-state index contributed by atoms with van der Waals surface area (Å²) < 4.78 is 10.9. The summed E-state index contributed by atoms with van der Waals surface area (Å²) in [4.78, 5) is 11.8. The van der Waals surface area contributed by atoms with Crippen molar-refractivity contribution < 1.29 is 14.0 Å². The lowest BCUT2D eigenvalue weighted by Gasteiger charge is -2.26. The van der Waals surface area contributed by atoms with E-state index >= 15 is 0 Å². The fourth-order valence-corrected chi connectivity index (χ4v) is 2.79. The lowest BCUT2D eigenvalue weighted by molar-refractivity contribution is -0.116. The molecule has 0 heterocycles. The van der Waals surface area contributed by atoms with E-state index in [1.54, 1.807) is 0 Å². The van der Waals surface area contributed by atoms with E-state index in [0.29, 0.717) is 6.42 Å². The molecule has 0 saturated carbocycles.